The molecular weight excluding hydrogens is 446 g/mol. The zero-order chi connectivity index (χ0) is 23.9. The molecule has 1 aliphatic carbocycles. The van der Waals surface area contributed by atoms with E-state index >= 15 is 0 Å². The summed E-state index contributed by atoms with van der Waals surface area (Å²) in [5, 5.41) is 18.5. The van der Waals surface area contributed by atoms with Crippen LogP contribution in [0.5, 0.6) is 5.88 Å². The molecule has 11 heteroatoms. The predicted molar refractivity (Wildman–Crippen MR) is 129 cm³/mol. The fourth-order valence-corrected chi connectivity index (χ4v) is 3.95. The van der Waals surface area contributed by atoms with Crippen LogP contribution < -0.4 is 21.7 Å². The SMILES string of the molecule is Cc1nccn1-c1cccc(CNc2cc(=NC3CC3)n3nc/c(=C/c4[nH]c(=O)[nH]c4O)c3n2)c1. The number of aromatic hydroxyl groups is 1. The molecule has 6 rings (SSSR count). The summed E-state index contributed by atoms with van der Waals surface area (Å²) in [5.41, 5.74) is 3.18. The Hall–Kier alpha value is -4.67. The van der Waals surface area contributed by atoms with E-state index in [0.29, 0.717) is 34.8 Å². The minimum absolute atomic E-state index is 0.237. The Balaban J connectivity index is 1.37. The molecule has 1 aliphatic rings. The molecule has 1 fully saturated rings. The van der Waals surface area contributed by atoms with Crippen molar-refractivity contribution in [3.05, 3.63) is 87.2 Å². The first kappa shape index (κ1) is 20.9. The van der Waals surface area contributed by atoms with Crippen LogP contribution in [-0.2, 0) is 6.54 Å². The second kappa shape index (κ2) is 8.28. The number of fused-ring (bicyclic) bond motifs is 1. The number of hydrogen-bond donors (Lipinski definition) is 4. The number of H-pyrrole nitrogens is 2. The van der Waals surface area contributed by atoms with Crippen LogP contribution >= 0.6 is 0 Å². The summed E-state index contributed by atoms with van der Waals surface area (Å²) in [7, 11) is 0. The van der Waals surface area contributed by atoms with Crippen molar-refractivity contribution in [1.29, 1.82) is 0 Å². The molecule has 4 heterocycles. The van der Waals surface area contributed by atoms with Crippen molar-refractivity contribution >= 4 is 17.5 Å². The fraction of sp³-hybridized carbons (Fsp3) is 0.208. The van der Waals surface area contributed by atoms with Crippen molar-refractivity contribution < 1.29 is 5.11 Å². The quantitative estimate of drug-likeness (QED) is 0.294. The number of hydrogen-bond acceptors (Lipinski definition) is 7. The summed E-state index contributed by atoms with van der Waals surface area (Å²) in [6, 6.07) is 10.4. The van der Waals surface area contributed by atoms with Gasteiger partial charge in [0, 0.05) is 35.9 Å². The zero-order valence-electron chi connectivity index (χ0n) is 18.9. The normalized spacial score (nSPS) is 14.8. The standard InChI is InChI=1S/C24H23N9O2/c1-14-25-7-8-32(14)18-4-2-3-15(9-18)12-26-20-11-21(28-17-5-6-17)33-22(30-20)16(13-27-33)10-19-23(34)31-24(35)29-19/h2-4,7-11,13,17,26,34H,5-6,12H2,1H3,(H2,29,31,35)/b16-10-,28-21?. The van der Waals surface area contributed by atoms with Gasteiger partial charge in [-0.25, -0.2) is 14.8 Å². The number of benzene rings is 1. The number of imidazole rings is 2. The molecule has 0 amide bonds. The third-order valence-corrected chi connectivity index (χ3v) is 5.87. The van der Waals surface area contributed by atoms with Crippen LogP contribution in [-0.4, -0.2) is 45.3 Å². The molecule has 35 heavy (non-hydrogen) atoms. The highest BCUT2D eigenvalue weighted by Crippen LogP contribution is 2.22. The minimum atomic E-state index is -0.488. The molecule has 0 atom stereocenters. The lowest BCUT2D eigenvalue weighted by atomic mass is 10.2. The van der Waals surface area contributed by atoms with E-state index in [1.54, 1.807) is 23.0 Å². The maximum Gasteiger partial charge on any atom is 0.326 e. The highest BCUT2D eigenvalue weighted by molar-refractivity contribution is 5.58. The van der Waals surface area contributed by atoms with Gasteiger partial charge in [0.2, 0.25) is 5.88 Å². The van der Waals surface area contributed by atoms with Crippen LogP contribution in [0.2, 0.25) is 0 Å². The van der Waals surface area contributed by atoms with E-state index < -0.39 is 5.69 Å². The number of anilines is 1. The first-order valence-electron chi connectivity index (χ1n) is 11.3. The molecule has 176 valence electrons. The Morgan fingerprint density at radius 3 is 2.91 bits per heavy atom. The molecule has 0 saturated heterocycles. The molecule has 1 saturated carbocycles. The van der Waals surface area contributed by atoms with Gasteiger partial charge in [-0.05, 0) is 43.5 Å². The average molecular weight is 470 g/mol. The lowest BCUT2D eigenvalue weighted by molar-refractivity contribution is 0.454. The third kappa shape index (κ3) is 4.19. The van der Waals surface area contributed by atoms with Crippen molar-refractivity contribution in [1.82, 2.24) is 34.1 Å². The van der Waals surface area contributed by atoms with Gasteiger partial charge in [0.15, 0.2) is 11.1 Å². The van der Waals surface area contributed by atoms with E-state index in [2.05, 4.69) is 37.5 Å². The fourth-order valence-electron chi connectivity index (χ4n) is 3.95. The Kier molecular flexibility index (Phi) is 4.94. The van der Waals surface area contributed by atoms with Crippen molar-refractivity contribution in [2.24, 2.45) is 4.99 Å². The van der Waals surface area contributed by atoms with E-state index in [0.717, 1.165) is 29.9 Å². The Labute approximate surface area is 198 Å². The van der Waals surface area contributed by atoms with Gasteiger partial charge < -0.3 is 20.0 Å². The summed E-state index contributed by atoms with van der Waals surface area (Å²) in [5.74, 6) is 1.34. The first-order chi connectivity index (χ1) is 17.0. The van der Waals surface area contributed by atoms with Gasteiger partial charge in [-0.1, -0.05) is 12.1 Å². The van der Waals surface area contributed by atoms with Gasteiger partial charge in [-0.2, -0.15) is 9.61 Å². The molecule has 0 unspecified atom stereocenters. The van der Waals surface area contributed by atoms with Gasteiger partial charge in [0.1, 0.15) is 17.3 Å². The summed E-state index contributed by atoms with van der Waals surface area (Å²) < 4.78 is 3.72. The first-order valence-corrected chi connectivity index (χ1v) is 11.3. The van der Waals surface area contributed by atoms with Gasteiger partial charge in [0.05, 0.1) is 12.2 Å². The highest BCUT2D eigenvalue weighted by atomic mass is 16.3. The molecular formula is C24H23N9O2. The molecule has 4 N–H and O–H groups in total. The Bertz CT molecular complexity index is 1720. The van der Waals surface area contributed by atoms with Crippen LogP contribution in [0.15, 0.2) is 58.7 Å². The highest BCUT2D eigenvalue weighted by Gasteiger charge is 2.20. The molecule has 0 aliphatic heterocycles. The second-order valence-electron chi connectivity index (χ2n) is 8.55. The lowest BCUT2D eigenvalue weighted by Gasteiger charge is -2.10. The van der Waals surface area contributed by atoms with E-state index in [4.69, 9.17) is 9.98 Å². The van der Waals surface area contributed by atoms with Crippen LogP contribution in [0.1, 0.15) is 29.9 Å². The van der Waals surface area contributed by atoms with Crippen molar-refractivity contribution in [3.8, 4) is 11.6 Å². The molecule has 0 radical (unpaired) electrons. The number of nitrogens with zero attached hydrogens (tertiary/aromatic N) is 6. The molecule has 11 nitrogen and oxygen atoms in total. The van der Waals surface area contributed by atoms with E-state index in [-0.39, 0.29) is 11.6 Å². The van der Waals surface area contributed by atoms with Crippen LogP contribution in [0.3, 0.4) is 0 Å². The number of rotatable bonds is 6. The average Bonchev–Trinajstić information content (AvgIpc) is 3.25. The van der Waals surface area contributed by atoms with Crippen LogP contribution in [0.25, 0.3) is 17.4 Å². The summed E-state index contributed by atoms with van der Waals surface area (Å²) in [6.45, 7) is 2.53. The number of aromatic amines is 2. The number of nitrogens with one attached hydrogen (secondary N) is 3. The summed E-state index contributed by atoms with van der Waals surface area (Å²) in [6.07, 6.45) is 9.12. The Morgan fingerprint density at radius 2 is 2.17 bits per heavy atom. The molecule has 0 spiro atoms. The molecule has 1 aromatic carbocycles. The third-order valence-electron chi connectivity index (χ3n) is 5.87. The van der Waals surface area contributed by atoms with E-state index in [1.807, 2.05) is 35.9 Å². The van der Waals surface area contributed by atoms with E-state index in [1.165, 1.54) is 0 Å². The molecule has 4 aromatic heterocycles. The van der Waals surface area contributed by atoms with Gasteiger partial charge >= 0.3 is 5.69 Å². The number of aromatic nitrogens is 7. The monoisotopic (exact) mass is 469 g/mol. The zero-order valence-corrected chi connectivity index (χ0v) is 18.9. The maximum atomic E-state index is 11.5. The number of aryl methyl sites for hydroxylation is 1. The predicted octanol–water partition coefficient (Wildman–Crippen LogP) is 1.17. The van der Waals surface area contributed by atoms with Crippen LogP contribution in [0.4, 0.5) is 5.82 Å². The maximum absolute atomic E-state index is 11.5. The van der Waals surface area contributed by atoms with Gasteiger partial charge in [-0.3, -0.25) is 9.98 Å². The minimum Gasteiger partial charge on any atom is -0.493 e. The lowest BCUT2D eigenvalue weighted by Crippen LogP contribution is -2.20. The van der Waals surface area contributed by atoms with Crippen molar-refractivity contribution in [3.63, 3.8) is 0 Å². The van der Waals surface area contributed by atoms with Gasteiger partial charge in [-0.15, -0.1) is 0 Å². The van der Waals surface area contributed by atoms with Crippen molar-refractivity contribution in [2.45, 2.75) is 32.4 Å². The molecule has 5 aromatic rings. The van der Waals surface area contributed by atoms with Crippen LogP contribution in [0, 0.1) is 6.92 Å². The Morgan fingerprint density at radius 1 is 1.29 bits per heavy atom. The smallest absolute Gasteiger partial charge is 0.326 e. The van der Waals surface area contributed by atoms with Crippen molar-refractivity contribution in [2.75, 3.05) is 5.32 Å². The topological polar surface area (TPSA) is 141 Å². The molecule has 0 bridgehead atoms. The largest absolute Gasteiger partial charge is 0.493 e. The van der Waals surface area contributed by atoms with Gasteiger partial charge in [0.25, 0.3) is 0 Å². The van der Waals surface area contributed by atoms with E-state index in [9.17, 15) is 9.90 Å². The summed E-state index contributed by atoms with van der Waals surface area (Å²) >= 11 is 0. The summed E-state index contributed by atoms with van der Waals surface area (Å²) in [4.78, 5) is 30.2. The second-order valence-corrected chi connectivity index (χ2v) is 8.55.